The molecule has 0 aromatic heterocycles. The summed E-state index contributed by atoms with van der Waals surface area (Å²) in [7, 11) is 0. The van der Waals surface area contributed by atoms with Gasteiger partial charge in [-0.1, -0.05) is 31.9 Å². The first-order chi connectivity index (χ1) is 12.3. The molecule has 2 aromatic rings. The monoisotopic (exact) mass is 738 g/mol. The topological polar surface area (TPSA) is 27.7 Å². The molecule has 1 fully saturated rings. The first kappa shape index (κ1) is 21.6. The highest BCUT2D eigenvalue weighted by Crippen LogP contribution is 2.40. The fourth-order valence-corrected chi connectivity index (χ4v) is 7.38. The van der Waals surface area contributed by atoms with Crippen LogP contribution in [0.1, 0.15) is 6.42 Å². The molecule has 1 aliphatic rings. The van der Waals surface area contributed by atoms with Crippen molar-refractivity contribution in [3.8, 4) is 11.5 Å². The Labute approximate surface area is 202 Å². The Morgan fingerprint density at radius 1 is 0.731 bits per heavy atom. The van der Waals surface area contributed by atoms with Gasteiger partial charge in [-0.15, -0.1) is 0 Å². The molecular weight excluding hydrogens is 732 g/mol. The third-order valence-corrected chi connectivity index (χ3v) is 7.12. The van der Waals surface area contributed by atoms with Crippen molar-refractivity contribution in [3.63, 3.8) is 0 Å². The molecule has 0 saturated carbocycles. The van der Waals surface area contributed by atoms with Gasteiger partial charge in [0.25, 0.3) is 0 Å². The highest BCUT2D eigenvalue weighted by molar-refractivity contribution is 9.12. The third kappa shape index (κ3) is 5.07. The molecule has 1 saturated heterocycles. The van der Waals surface area contributed by atoms with Gasteiger partial charge in [0.1, 0.15) is 30.3 Å². The Bertz CT molecular complexity index is 713. The summed E-state index contributed by atoms with van der Waals surface area (Å²) in [6.07, 6.45) is 0.879. The summed E-state index contributed by atoms with van der Waals surface area (Å²) in [6.45, 7) is 1.51. The van der Waals surface area contributed by atoms with E-state index < -0.39 is 5.60 Å². The van der Waals surface area contributed by atoms with Crippen LogP contribution in [0, 0.1) is 0 Å². The number of halogens is 6. The molecule has 0 unspecified atom stereocenters. The van der Waals surface area contributed by atoms with E-state index in [4.69, 9.17) is 14.2 Å². The van der Waals surface area contributed by atoms with E-state index in [0.717, 1.165) is 44.8 Å². The van der Waals surface area contributed by atoms with Crippen LogP contribution in [0.2, 0.25) is 0 Å². The summed E-state index contributed by atoms with van der Waals surface area (Å²) in [5.41, 5.74) is -0.460. The molecule has 26 heavy (non-hydrogen) atoms. The summed E-state index contributed by atoms with van der Waals surface area (Å²) in [4.78, 5) is 0. The van der Waals surface area contributed by atoms with E-state index in [1.165, 1.54) is 0 Å². The first-order valence-corrected chi connectivity index (χ1v) is 12.2. The van der Waals surface area contributed by atoms with Crippen molar-refractivity contribution < 1.29 is 14.2 Å². The summed E-state index contributed by atoms with van der Waals surface area (Å²) in [5, 5.41) is 0. The molecular formula is C17H12Br6O3. The van der Waals surface area contributed by atoms with Gasteiger partial charge in [0.05, 0.1) is 24.5 Å². The largest absolute Gasteiger partial charge is 0.488 e. The smallest absolute Gasteiger partial charge is 0.147 e. The summed E-state index contributed by atoms with van der Waals surface area (Å²) < 4.78 is 23.3. The molecule has 9 heteroatoms. The molecule has 0 N–H and O–H groups in total. The molecule has 0 amide bonds. The van der Waals surface area contributed by atoms with Crippen LogP contribution in [0.25, 0.3) is 0 Å². The second-order valence-electron chi connectivity index (χ2n) is 5.76. The van der Waals surface area contributed by atoms with Crippen LogP contribution < -0.4 is 9.47 Å². The van der Waals surface area contributed by atoms with E-state index in [0.29, 0.717) is 19.8 Å². The maximum absolute atomic E-state index is 6.05. The molecule has 3 nitrogen and oxygen atoms in total. The lowest BCUT2D eigenvalue weighted by atomic mass is 9.97. The van der Waals surface area contributed by atoms with Crippen molar-refractivity contribution in [2.24, 2.45) is 0 Å². The molecule has 0 atom stereocenters. The van der Waals surface area contributed by atoms with Crippen LogP contribution in [0.3, 0.4) is 0 Å². The van der Waals surface area contributed by atoms with Gasteiger partial charge in [-0.05, 0) is 88.0 Å². The Hall–Kier alpha value is 0.880. The Balaban J connectivity index is 1.69. The van der Waals surface area contributed by atoms with Crippen molar-refractivity contribution in [2.45, 2.75) is 12.0 Å². The van der Waals surface area contributed by atoms with Gasteiger partial charge in [0.15, 0.2) is 0 Å². The average molecular weight is 744 g/mol. The molecule has 1 heterocycles. The van der Waals surface area contributed by atoms with Gasteiger partial charge in [-0.25, -0.2) is 0 Å². The van der Waals surface area contributed by atoms with E-state index >= 15 is 0 Å². The van der Waals surface area contributed by atoms with Gasteiger partial charge >= 0.3 is 0 Å². The SMILES string of the molecule is Brc1cc(Br)c(OCC2(COc3c(Br)cc(Br)cc3Br)CCO2)c(Br)c1. The lowest BCUT2D eigenvalue weighted by Gasteiger charge is -2.41. The van der Waals surface area contributed by atoms with Crippen LogP contribution in [0.15, 0.2) is 51.1 Å². The van der Waals surface area contributed by atoms with E-state index in [9.17, 15) is 0 Å². The standard InChI is InChI=1S/C17H12Br6O3/c18-9-3-11(20)15(12(21)4-9)24-7-17(1-2-26-17)8-25-16-13(22)5-10(19)6-14(16)23/h3-6H,1-2,7-8H2. The zero-order valence-corrected chi connectivity index (χ0v) is 22.6. The Kier molecular flexibility index (Phi) is 7.58. The summed E-state index contributed by atoms with van der Waals surface area (Å²) >= 11 is 21.1. The molecule has 0 spiro atoms. The van der Waals surface area contributed by atoms with Crippen LogP contribution in [0.5, 0.6) is 11.5 Å². The lowest BCUT2D eigenvalue weighted by Crippen LogP contribution is -2.53. The van der Waals surface area contributed by atoms with Gasteiger partial charge < -0.3 is 14.2 Å². The minimum atomic E-state index is -0.460. The quantitative estimate of drug-likeness (QED) is 0.302. The van der Waals surface area contributed by atoms with Gasteiger partial charge in [-0.3, -0.25) is 0 Å². The predicted octanol–water partition coefficient (Wildman–Crippen LogP) is 7.88. The van der Waals surface area contributed by atoms with E-state index in [-0.39, 0.29) is 0 Å². The fourth-order valence-electron chi connectivity index (χ4n) is 2.40. The van der Waals surface area contributed by atoms with E-state index in [1.807, 2.05) is 24.3 Å². The van der Waals surface area contributed by atoms with Crippen molar-refractivity contribution in [1.82, 2.24) is 0 Å². The second kappa shape index (κ2) is 9.13. The molecule has 0 radical (unpaired) electrons. The molecule has 140 valence electrons. The highest BCUT2D eigenvalue weighted by Gasteiger charge is 2.41. The van der Waals surface area contributed by atoms with E-state index in [1.54, 1.807) is 0 Å². The predicted molar refractivity (Wildman–Crippen MR) is 123 cm³/mol. The maximum Gasteiger partial charge on any atom is 0.147 e. The first-order valence-electron chi connectivity index (χ1n) is 7.48. The van der Waals surface area contributed by atoms with E-state index in [2.05, 4.69) is 95.6 Å². The minimum Gasteiger partial charge on any atom is -0.488 e. The van der Waals surface area contributed by atoms with Crippen LogP contribution in [0.4, 0.5) is 0 Å². The number of ether oxygens (including phenoxy) is 3. The normalized spacial score (nSPS) is 15.5. The van der Waals surface area contributed by atoms with Crippen molar-refractivity contribution in [3.05, 3.63) is 51.1 Å². The van der Waals surface area contributed by atoms with Crippen LogP contribution in [-0.4, -0.2) is 25.4 Å². The lowest BCUT2D eigenvalue weighted by molar-refractivity contribution is -0.181. The van der Waals surface area contributed by atoms with Crippen LogP contribution >= 0.6 is 95.6 Å². The maximum atomic E-state index is 6.05. The Morgan fingerprint density at radius 3 is 1.35 bits per heavy atom. The molecule has 3 rings (SSSR count). The summed E-state index contributed by atoms with van der Waals surface area (Å²) in [6, 6.07) is 7.78. The van der Waals surface area contributed by atoms with Gasteiger partial charge in [0, 0.05) is 15.4 Å². The van der Waals surface area contributed by atoms with Crippen LogP contribution in [-0.2, 0) is 4.74 Å². The third-order valence-electron chi connectivity index (χ3n) is 3.85. The number of rotatable bonds is 6. The molecule has 2 aromatic carbocycles. The molecule has 0 aliphatic carbocycles. The van der Waals surface area contributed by atoms with Crippen molar-refractivity contribution in [2.75, 3.05) is 19.8 Å². The van der Waals surface area contributed by atoms with Gasteiger partial charge in [-0.2, -0.15) is 0 Å². The number of benzene rings is 2. The van der Waals surface area contributed by atoms with Gasteiger partial charge in [0.2, 0.25) is 0 Å². The Morgan fingerprint density at radius 2 is 1.08 bits per heavy atom. The zero-order chi connectivity index (χ0) is 18.9. The molecule has 1 aliphatic heterocycles. The number of hydrogen-bond donors (Lipinski definition) is 0. The second-order valence-corrected chi connectivity index (χ2v) is 11.0. The fraction of sp³-hybridized carbons (Fsp3) is 0.294. The highest BCUT2D eigenvalue weighted by atomic mass is 79.9. The number of hydrogen-bond acceptors (Lipinski definition) is 3. The summed E-state index contributed by atoms with van der Waals surface area (Å²) in [5.74, 6) is 1.49. The van der Waals surface area contributed by atoms with Crippen molar-refractivity contribution >= 4 is 95.6 Å². The zero-order valence-electron chi connectivity index (χ0n) is 13.1. The van der Waals surface area contributed by atoms with Crippen molar-refractivity contribution in [1.29, 1.82) is 0 Å². The average Bonchev–Trinajstić information content (AvgIpc) is 2.49. The minimum absolute atomic E-state index is 0.400. The molecule has 0 bridgehead atoms.